The van der Waals surface area contributed by atoms with Crippen molar-refractivity contribution in [3.63, 3.8) is 0 Å². The molecule has 2 N–H and O–H groups in total. The van der Waals surface area contributed by atoms with Gasteiger partial charge in [0.05, 0.1) is 5.69 Å². The molecule has 3 aromatic rings. The van der Waals surface area contributed by atoms with Crippen molar-refractivity contribution in [1.82, 2.24) is 25.5 Å². The number of benzene rings is 2. The zero-order valence-electron chi connectivity index (χ0n) is 17.1. The average molecular weight is 425 g/mol. The monoisotopic (exact) mass is 424 g/mol. The summed E-state index contributed by atoms with van der Waals surface area (Å²) in [6.07, 6.45) is 2.24. The molecule has 2 aromatic carbocycles. The Morgan fingerprint density at radius 3 is 2.57 bits per heavy atom. The van der Waals surface area contributed by atoms with Crippen LogP contribution in [-0.4, -0.2) is 38.3 Å². The fraction of sp³-hybridized carbons (Fsp3) is 0.286. The van der Waals surface area contributed by atoms with Gasteiger partial charge >= 0.3 is 0 Å². The zero-order chi connectivity index (χ0) is 21.5. The first-order valence-corrected chi connectivity index (χ1v) is 10.8. The van der Waals surface area contributed by atoms with E-state index >= 15 is 0 Å². The van der Waals surface area contributed by atoms with Gasteiger partial charge in [0, 0.05) is 12.1 Å². The summed E-state index contributed by atoms with van der Waals surface area (Å²) in [5, 5.41) is 18.0. The van der Waals surface area contributed by atoms with E-state index in [4.69, 9.17) is 0 Å². The lowest BCUT2D eigenvalue weighted by molar-refractivity contribution is -0.127. The van der Waals surface area contributed by atoms with E-state index in [1.807, 2.05) is 62.6 Å². The quantitative estimate of drug-likeness (QED) is 0.539. The number of carbonyl (C=O) groups is 2. The van der Waals surface area contributed by atoms with Crippen molar-refractivity contribution in [1.29, 1.82) is 0 Å². The molecule has 1 unspecified atom stereocenters. The van der Waals surface area contributed by atoms with Gasteiger partial charge in [-0.05, 0) is 46.4 Å². The largest absolute Gasteiger partial charge is 0.341 e. The van der Waals surface area contributed by atoms with Gasteiger partial charge in [-0.15, -0.1) is 5.10 Å². The Labute approximate surface area is 179 Å². The van der Waals surface area contributed by atoms with Crippen molar-refractivity contribution < 1.29 is 9.59 Å². The van der Waals surface area contributed by atoms with Crippen molar-refractivity contribution in [2.45, 2.75) is 31.5 Å². The number of hydrogen-bond donors (Lipinski definition) is 2. The predicted molar refractivity (Wildman–Crippen MR) is 116 cm³/mol. The topological polar surface area (TPSA) is 102 Å². The van der Waals surface area contributed by atoms with Crippen LogP contribution >= 0.6 is 11.8 Å². The van der Waals surface area contributed by atoms with E-state index in [-0.39, 0.29) is 17.7 Å². The number of aromatic nitrogens is 4. The van der Waals surface area contributed by atoms with Crippen LogP contribution in [0.25, 0.3) is 5.69 Å². The van der Waals surface area contributed by atoms with Crippen LogP contribution in [0.3, 0.4) is 0 Å². The van der Waals surface area contributed by atoms with Crippen molar-refractivity contribution in [3.05, 3.63) is 60.2 Å². The third-order valence-corrected chi connectivity index (χ3v) is 4.90. The van der Waals surface area contributed by atoms with Gasteiger partial charge in [-0.3, -0.25) is 9.59 Å². The van der Waals surface area contributed by atoms with Gasteiger partial charge in [-0.2, -0.15) is 4.68 Å². The molecule has 2 amide bonds. The van der Waals surface area contributed by atoms with Crippen molar-refractivity contribution in [2.24, 2.45) is 5.92 Å². The highest BCUT2D eigenvalue weighted by molar-refractivity contribution is 7.98. The fourth-order valence-corrected chi connectivity index (χ4v) is 3.37. The Hall–Kier alpha value is -3.20. The summed E-state index contributed by atoms with van der Waals surface area (Å²) < 4.78 is 1.60. The fourth-order valence-electron chi connectivity index (χ4n) is 2.93. The molecule has 1 heterocycles. The molecule has 1 aromatic heterocycles. The molecule has 0 saturated carbocycles. The van der Waals surface area contributed by atoms with Gasteiger partial charge < -0.3 is 10.6 Å². The number of nitrogens with zero attached hydrogens (tertiary/aromatic N) is 4. The summed E-state index contributed by atoms with van der Waals surface area (Å²) in [5.74, 6) is -0.290. The number of thioether (sulfide) groups is 1. The Morgan fingerprint density at radius 2 is 1.87 bits per heavy atom. The van der Waals surface area contributed by atoms with Crippen LogP contribution in [0, 0.1) is 5.92 Å². The van der Waals surface area contributed by atoms with Crippen LogP contribution in [0.1, 0.15) is 31.9 Å². The number of rotatable bonds is 8. The smallest absolute Gasteiger partial charge is 0.251 e. The molecular weight excluding hydrogens is 400 g/mol. The lowest BCUT2D eigenvalue weighted by Crippen LogP contribution is -2.37. The van der Waals surface area contributed by atoms with E-state index in [0.29, 0.717) is 22.8 Å². The van der Waals surface area contributed by atoms with Crippen molar-refractivity contribution in [3.8, 4) is 5.69 Å². The molecule has 0 spiro atoms. The second kappa shape index (κ2) is 10.0. The minimum absolute atomic E-state index is 0.166. The van der Waals surface area contributed by atoms with E-state index in [1.54, 1.807) is 16.8 Å². The molecule has 3 rings (SSSR count). The first-order chi connectivity index (χ1) is 14.5. The maximum absolute atomic E-state index is 13.1. The summed E-state index contributed by atoms with van der Waals surface area (Å²) in [6, 6.07) is 15.6. The number of amides is 2. The van der Waals surface area contributed by atoms with E-state index in [1.165, 1.54) is 11.8 Å². The van der Waals surface area contributed by atoms with Gasteiger partial charge in [0.15, 0.2) is 0 Å². The Kier molecular flexibility index (Phi) is 7.18. The minimum Gasteiger partial charge on any atom is -0.341 e. The first-order valence-electron chi connectivity index (χ1n) is 9.56. The molecule has 9 heteroatoms. The van der Waals surface area contributed by atoms with Gasteiger partial charge in [-0.1, -0.05) is 62.0 Å². The predicted octanol–water partition coefficient (Wildman–Crippen LogP) is 3.23. The molecule has 0 aliphatic heterocycles. The highest BCUT2D eigenvalue weighted by Crippen LogP contribution is 2.21. The summed E-state index contributed by atoms with van der Waals surface area (Å²) >= 11 is 1.42. The lowest BCUT2D eigenvalue weighted by atomic mass is 10.0. The highest BCUT2D eigenvalue weighted by Gasteiger charge is 2.23. The van der Waals surface area contributed by atoms with Crippen LogP contribution in [-0.2, 0) is 9.59 Å². The normalized spacial score (nSPS) is 11.9. The van der Waals surface area contributed by atoms with Crippen LogP contribution in [0.15, 0.2) is 59.8 Å². The maximum atomic E-state index is 13.1. The number of nitrogens with one attached hydrogen (secondary N) is 2. The zero-order valence-corrected chi connectivity index (χ0v) is 17.9. The minimum atomic E-state index is -0.795. The van der Waals surface area contributed by atoms with E-state index < -0.39 is 6.04 Å². The number of tetrazole rings is 1. The van der Waals surface area contributed by atoms with E-state index in [9.17, 15) is 9.59 Å². The average Bonchev–Trinajstić information content (AvgIpc) is 3.21. The summed E-state index contributed by atoms with van der Waals surface area (Å²) in [6.45, 7) is 3.93. The molecule has 156 valence electrons. The molecule has 1 atom stereocenters. The third-order valence-electron chi connectivity index (χ3n) is 4.28. The Morgan fingerprint density at radius 1 is 1.10 bits per heavy atom. The van der Waals surface area contributed by atoms with Crippen LogP contribution in [0.5, 0.6) is 0 Å². The Bertz CT molecular complexity index is 1010. The van der Waals surface area contributed by atoms with Gasteiger partial charge in [-0.25, -0.2) is 0 Å². The van der Waals surface area contributed by atoms with Crippen LogP contribution in [0.4, 0.5) is 5.69 Å². The van der Waals surface area contributed by atoms with Gasteiger partial charge in [0.1, 0.15) is 6.04 Å². The number of hydrogen-bond acceptors (Lipinski definition) is 6. The van der Waals surface area contributed by atoms with Gasteiger partial charge in [0.2, 0.25) is 11.1 Å². The van der Waals surface area contributed by atoms with Crippen LogP contribution < -0.4 is 10.6 Å². The highest BCUT2D eigenvalue weighted by atomic mass is 32.2. The molecule has 30 heavy (non-hydrogen) atoms. The SMILES string of the molecule is CSc1nnnn1-c1cccc(NC(=O)C(NC(=O)CC(C)C)c2ccccc2)c1. The van der Waals surface area contributed by atoms with Crippen LogP contribution in [0.2, 0.25) is 0 Å². The summed E-state index contributed by atoms with van der Waals surface area (Å²) in [7, 11) is 0. The van der Waals surface area contributed by atoms with Gasteiger partial charge in [0.25, 0.3) is 5.91 Å². The van der Waals surface area contributed by atoms with E-state index in [0.717, 1.165) is 5.69 Å². The van der Waals surface area contributed by atoms with Crippen molar-refractivity contribution in [2.75, 3.05) is 11.6 Å². The lowest BCUT2D eigenvalue weighted by Gasteiger charge is -2.20. The van der Waals surface area contributed by atoms with E-state index in [2.05, 4.69) is 26.2 Å². The molecule has 0 aliphatic rings. The molecule has 0 radical (unpaired) electrons. The molecule has 0 saturated heterocycles. The number of carbonyl (C=O) groups excluding carboxylic acids is 2. The summed E-state index contributed by atoms with van der Waals surface area (Å²) in [4.78, 5) is 25.4. The molecule has 0 bridgehead atoms. The second-order valence-electron chi connectivity index (χ2n) is 7.13. The number of anilines is 1. The van der Waals surface area contributed by atoms with Crippen molar-refractivity contribution >= 4 is 29.3 Å². The standard InChI is InChI=1S/C21H24N6O2S/c1-14(2)12-18(28)23-19(15-8-5-4-6-9-15)20(29)22-16-10-7-11-17(13-16)27-21(30-3)24-25-26-27/h4-11,13-14,19H,12H2,1-3H3,(H,22,29)(H,23,28). The maximum Gasteiger partial charge on any atom is 0.251 e. The second-order valence-corrected chi connectivity index (χ2v) is 7.90. The Balaban J connectivity index is 1.82. The molecule has 0 aliphatic carbocycles. The molecular formula is C21H24N6O2S. The first kappa shape index (κ1) is 21.5. The molecule has 0 fully saturated rings. The summed E-state index contributed by atoms with van der Waals surface area (Å²) in [5.41, 5.74) is 2.02. The third kappa shape index (κ3) is 5.44. The molecule has 8 nitrogen and oxygen atoms in total.